The molecule has 7 nitrogen and oxygen atoms in total. The number of piperazine rings is 1. The predicted octanol–water partition coefficient (Wildman–Crippen LogP) is -0.709. The first kappa shape index (κ1) is 16.4. The van der Waals surface area contributed by atoms with Crippen LogP contribution in [-0.4, -0.2) is 65.5 Å². The summed E-state index contributed by atoms with van der Waals surface area (Å²) in [5, 5.41) is 7.56. The molecule has 0 aromatic carbocycles. The number of carbonyl (C=O) groups excluding carboxylic acids is 1. The van der Waals surface area contributed by atoms with Crippen molar-refractivity contribution in [2.24, 2.45) is 0 Å². The van der Waals surface area contributed by atoms with E-state index in [9.17, 15) is 13.2 Å². The van der Waals surface area contributed by atoms with Crippen LogP contribution >= 0.6 is 11.3 Å². The standard InChI is InChI=1S/C12H20N4O3S2/c1-13-21(18,19)10-8-11(20-9-10)12(17)15-4-7-16-5-2-14-3-6-16/h8-9,13-14H,2-7H2,1H3,(H,15,17). The van der Waals surface area contributed by atoms with Crippen LogP contribution in [0.25, 0.3) is 0 Å². The van der Waals surface area contributed by atoms with Crippen LogP contribution in [0.4, 0.5) is 0 Å². The Morgan fingerprint density at radius 2 is 2.14 bits per heavy atom. The van der Waals surface area contributed by atoms with Crippen molar-refractivity contribution in [1.29, 1.82) is 0 Å². The van der Waals surface area contributed by atoms with Crippen molar-refractivity contribution in [3.05, 3.63) is 16.3 Å². The maximum Gasteiger partial charge on any atom is 0.261 e. The van der Waals surface area contributed by atoms with Crippen LogP contribution in [0, 0.1) is 0 Å². The van der Waals surface area contributed by atoms with Gasteiger partial charge in [-0.25, -0.2) is 13.1 Å². The largest absolute Gasteiger partial charge is 0.350 e. The SMILES string of the molecule is CNS(=O)(=O)c1csc(C(=O)NCCN2CCNCC2)c1. The summed E-state index contributed by atoms with van der Waals surface area (Å²) in [6.45, 7) is 5.29. The van der Waals surface area contributed by atoms with Gasteiger partial charge in [0.2, 0.25) is 10.0 Å². The molecule has 2 heterocycles. The zero-order valence-corrected chi connectivity index (χ0v) is 13.5. The van der Waals surface area contributed by atoms with Gasteiger partial charge in [-0.3, -0.25) is 9.69 Å². The van der Waals surface area contributed by atoms with E-state index in [2.05, 4.69) is 20.3 Å². The second-order valence-electron chi connectivity index (χ2n) is 4.70. The molecule has 0 bridgehead atoms. The Morgan fingerprint density at radius 3 is 2.81 bits per heavy atom. The Balaban J connectivity index is 1.83. The van der Waals surface area contributed by atoms with E-state index in [1.165, 1.54) is 18.5 Å². The number of hydrogen-bond donors (Lipinski definition) is 3. The Hall–Kier alpha value is -1.00. The van der Waals surface area contributed by atoms with Crippen molar-refractivity contribution in [3.63, 3.8) is 0 Å². The highest BCUT2D eigenvalue weighted by Crippen LogP contribution is 2.18. The Morgan fingerprint density at radius 1 is 1.43 bits per heavy atom. The molecular formula is C12H20N4O3S2. The number of thiophene rings is 1. The topological polar surface area (TPSA) is 90.5 Å². The highest BCUT2D eigenvalue weighted by atomic mass is 32.2. The molecule has 0 saturated carbocycles. The smallest absolute Gasteiger partial charge is 0.261 e. The molecule has 1 saturated heterocycles. The zero-order chi connectivity index (χ0) is 15.3. The molecule has 0 spiro atoms. The van der Waals surface area contributed by atoms with Gasteiger partial charge in [0.25, 0.3) is 5.91 Å². The lowest BCUT2D eigenvalue weighted by atomic mass is 10.3. The van der Waals surface area contributed by atoms with Crippen molar-refractivity contribution in [2.45, 2.75) is 4.90 Å². The maximum absolute atomic E-state index is 12.0. The van der Waals surface area contributed by atoms with Gasteiger partial charge < -0.3 is 10.6 Å². The fourth-order valence-electron chi connectivity index (χ4n) is 2.05. The van der Waals surface area contributed by atoms with E-state index >= 15 is 0 Å². The van der Waals surface area contributed by atoms with E-state index in [1.54, 1.807) is 0 Å². The molecule has 2 rings (SSSR count). The van der Waals surface area contributed by atoms with E-state index < -0.39 is 10.0 Å². The highest BCUT2D eigenvalue weighted by molar-refractivity contribution is 7.89. The monoisotopic (exact) mass is 332 g/mol. The molecule has 0 aliphatic carbocycles. The predicted molar refractivity (Wildman–Crippen MR) is 82.2 cm³/mol. The van der Waals surface area contributed by atoms with Crippen molar-refractivity contribution >= 4 is 27.3 Å². The summed E-state index contributed by atoms with van der Waals surface area (Å²) in [5.74, 6) is -0.229. The number of rotatable bonds is 6. The molecule has 1 amide bonds. The van der Waals surface area contributed by atoms with Crippen LogP contribution < -0.4 is 15.4 Å². The first-order chi connectivity index (χ1) is 10.0. The van der Waals surface area contributed by atoms with Crippen LogP contribution in [-0.2, 0) is 10.0 Å². The van der Waals surface area contributed by atoms with Gasteiger partial charge in [0.05, 0.1) is 9.77 Å². The van der Waals surface area contributed by atoms with Gasteiger partial charge in [0, 0.05) is 44.6 Å². The van der Waals surface area contributed by atoms with Gasteiger partial charge in [-0.1, -0.05) is 0 Å². The molecule has 0 radical (unpaired) electrons. The summed E-state index contributed by atoms with van der Waals surface area (Å²) in [6, 6.07) is 1.40. The number of carbonyl (C=O) groups is 1. The van der Waals surface area contributed by atoms with Gasteiger partial charge in [0.15, 0.2) is 0 Å². The summed E-state index contributed by atoms with van der Waals surface area (Å²) in [6.07, 6.45) is 0. The van der Waals surface area contributed by atoms with E-state index in [-0.39, 0.29) is 10.8 Å². The van der Waals surface area contributed by atoms with Crippen LogP contribution in [0.5, 0.6) is 0 Å². The highest BCUT2D eigenvalue weighted by Gasteiger charge is 2.17. The third-order valence-corrected chi connectivity index (χ3v) is 5.77. The minimum atomic E-state index is -3.48. The number of amides is 1. The number of hydrogen-bond acceptors (Lipinski definition) is 6. The molecule has 0 atom stereocenters. The minimum absolute atomic E-state index is 0.127. The molecule has 118 valence electrons. The maximum atomic E-state index is 12.0. The third kappa shape index (κ3) is 4.48. The third-order valence-electron chi connectivity index (χ3n) is 3.30. The molecular weight excluding hydrogens is 312 g/mol. The van der Waals surface area contributed by atoms with Crippen LogP contribution in [0.15, 0.2) is 16.3 Å². The fraction of sp³-hybridized carbons (Fsp3) is 0.583. The Bertz CT molecular complexity index is 579. The summed E-state index contributed by atoms with van der Waals surface area (Å²) in [4.78, 5) is 14.8. The molecule has 1 aliphatic rings. The fourth-order valence-corrected chi connectivity index (χ4v) is 3.97. The average Bonchev–Trinajstić information content (AvgIpc) is 2.99. The van der Waals surface area contributed by atoms with E-state index in [1.807, 2.05) is 0 Å². The average molecular weight is 332 g/mol. The first-order valence-corrected chi connectivity index (χ1v) is 9.12. The molecule has 9 heteroatoms. The van der Waals surface area contributed by atoms with Gasteiger partial charge in [-0.2, -0.15) is 0 Å². The van der Waals surface area contributed by atoms with Crippen molar-refractivity contribution in [3.8, 4) is 0 Å². The molecule has 1 aromatic heterocycles. The number of sulfonamides is 1. The van der Waals surface area contributed by atoms with E-state index in [4.69, 9.17) is 0 Å². The van der Waals surface area contributed by atoms with Crippen LogP contribution in [0.3, 0.4) is 0 Å². The number of nitrogens with one attached hydrogen (secondary N) is 3. The molecule has 1 aliphatic heterocycles. The minimum Gasteiger partial charge on any atom is -0.350 e. The summed E-state index contributed by atoms with van der Waals surface area (Å²) in [7, 11) is -2.14. The molecule has 1 fully saturated rings. The van der Waals surface area contributed by atoms with Gasteiger partial charge >= 0.3 is 0 Å². The first-order valence-electron chi connectivity index (χ1n) is 6.76. The quantitative estimate of drug-likeness (QED) is 0.640. The van der Waals surface area contributed by atoms with Gasteiger partial charge in [-0.05, 0) is 13.1 Å². The van der Waals surface area contributed by atoms with E-state index in [0.717, 1.165) is 44.1 Å². The normalized spacial score (nSPS) is 16.8. The van der Waals surface area contributed by atoms with Crippen LogP contribution in [0.1, 0.15) is 9.67 Å². The number of nitrogens with zero attached hydrogens (tertiary/aromatic N) is 1. The Kier molecular flexibility index (Phi) is 5.71. The molecule has 3 N–H and O–H groups in total. The summed E-state index contributed by atoms with van der Waals surface area (Å²) in [5.41, 5.74) is 0. The van der Waals surface area contributed by atoms with Crippen molar-refractivity contribution in [2.75, 3.05) is 46.3 Å². The lowest BCUT2D eigenvalue weighted by molar-refractivity contribution is 0.0951. The van der Waals surface area contributed by atoms with Gasteiger partial charge in [-0.15, -0.1) is 11.3 Å². The second-order valence-corrected chi connectivity index (χ2v) is 7.50. The van der Waals surface area contributed by atoms with Crippen molar-refractivity contribution in [1.82, 2.24) is 20.3 Å². The zero-order valence-electron chi connectivity index (χ0n) is 11.9. The lowest BCUT2D eigenvalue weighted by Gasteiger charge is -2.26. The second kappa shape index (κ2) is 7.32. The molecule has 21 heavy (non-hydrogen) atoms. The van der Waals surface area contributed by atoms with E-state index in [0.29, 0.717) is 11.4 Å². The lowest BCUT2D eigenvalue weighted by Crippen LogP contribution is -2.46. The molecule has 1 aromatic rings. The van der Waals surface area contributed by atoms with Gasteiger partial charge in [0.1, 0.15) is 0 Å². The molecule has 0 unspecified atom stereocenters. The van der Waals surface area contributed by atoms with Crippen molar-refractivity contribution < 1.29 is 13.2 Å². The Labute approximate surface area is 128 Å². The summed E-state index contributed by atoms with van der Waals surface area (Å²) < 4.78 is 25.4. The van der Waals surface area contributed by atoms with Crippen LogP contribution in [0.2, 0.25) is 0 Å². The summed E-state index contributed by atoms with van der Waals surface area (Å²) >= 11 is 1.13.